The first-order valence-corrected chi connectivity index (χ1v) is 12.0. The van der Waals surface area contributed by atoms with Crippen LogP contribution in [0, 0.1) is 6.92 Å². The van der Waals surface area contributed by atoms with Crippen molar-refractivity contribution in [3.8, 4) is 11.6 Å². The molecular weight excluding hydrogens is 468 g/mol. The van der Waals surface area contributed by atoms with Gasteiger partial charge in [0.25, 0.3) is 0 Å². The zero-order chi connectivity index (χ0) is 24.8. The summed E-state index contributed by atoms with van der Waals surface area (Å²) in [4.78, 5) is 19.8. The van der Waals surface area contributed by atoms with E-state index in [2.05, 4.69) is 25.6 Å². The Hall–Kier alpha value is -3.14. The van der Waals surface area contributed by atoms with Gasteiger partial charge in [-0.25, -0.2) is 9.48 Å². The Labute approximate surface area is 210 Å². The van der Waals surface area contributed by atoms with E-state index in [9.17, 15) is 4.79 Å². The fraction of sp³-hybridized carbons (Fsp3) is 0.400. The van der Waals surface area contributed by atoms with Crippen LogP contribution in [-0.2, 0) is 4.74 Å². The van der Waals surface area contributed by atoms with Gasteiger partial charge >= 0.3 is 6.03 Å². The average Bonchev–Trinajstić information content (AvgIpc) is 3.39. The van der Waals surface area contributed by atoms with Crippen LogP contribution in [0.3, 0.4) is 0 Å². The Bertz CT molecular complexity index is 1140. The number of aromatic nitrogens is 3. The second-order valence-corrected chi connectivity index (χ2v) is 8.90. The third-order valence-corrected chi connectivity index (χ3v) is 6.28. The number of likely N-dealkylation sites (tertiary alicyclic amines) is 1. The van der Waals surface area contributed by atoms with E-state index in [1.165, 1.54) is 0 Å². The molecule has 1 aliphatic rings. The highest BCUT2D eigenvalue weighted by molar-refractivity contribution is 6.30. The summed E-state index contributed by atoms with van der Waals surface area (Å²) in [6, 6.07) is 11.1. The van der Waals surface area contributed by atoms with Crippen LogP contribution in [0.2, 0.25) is 5.02 Å². The van der Waals surface area contributed by atoms with Crippen molar-refractivity contribution in [2.24, 2.45) is 0 Å². The minimum absolute atomic E-state index is 0.0444. The number of anilines is 1. The number of carbonyl (C=O) groups excluding carboxylic acids is 1. The maximum absolute atomic E-state index is 13.2. The molecule has 1 saturated heterocycles. The standard InChI is InChI=1S/C25H31ClN6O3/c1-4-35-24-17(2)23(32(30-24)20-8-6-5-7-9-20)29-25(33)28-22-16-31(10-11-34-3)15-21(22)18-12-19(26)14-27-13-18/h5-9,12-14,21-22H,4,10-11,15-16H2,1-3H3,(H2,28,29,33)/t21-,22+/m0/s1. The van der Waals surface area contributed by atoms with Gasteiger partial charge in [0, 0.05) is 45.1 Å². The second kappa shape index (κ2) is 11.5. The van der Waals surface area contributed by atoms with Crippen LogP contribution in [0.1, 0.15) is 24.0 Å². The van der Waals surface area contributed by atoms with Gasteiger partial charge < -0.3 is 14.8 Å². The molecule has 1 aromatic carbocycles. The predicted molar refractivity (Wildman–Crippen MR) is 136 cm³/mol. The molecule has 3 heterocycles. The Morgan fingerprint density at radius 3 is 2.74 bits per heavy atom. The molecule has 9 nitrogen and oxygen atoms in total. The van der Waals surface area contributed by atoms with Crippen molar-refractivity contribution in [1.29, 1.82) is 0 Å². The summed E-state index contributed by atoms with van der Waals surface area (Å²) in [5.41, 5.74) is 2.58. The monoisotopic (exact) mass is 498 g/mol. The number of hydrogen-bond acceptors (Lipinski definition) is 6. The molecule has 0 aliphatic carbocycles. The number of rotatable bonds is 9. The molecule has 1 aliphatic heterocycles. The molecule has 4 rings (SSSR count). The van der Waals surface area contributed by atoms with Gasteiger partial charge in [0.05, 0.1) is 35.5 Å². The molecule has 186 valence electrons. The van der Waals surface area contributed by atoms with E-state index in [0.29, 0.717) is 36.5 Å². The molecule has 1 fully saturated rings. The number of pyridine rings is 1. The topological polar surface area (TPSA) is 93.5 Å². The lowest BCUT2D eigenvalue weighted by molar-refractivity contribution is 0.159. The molecule has 3 aromatic rings. The Morgan fingerprint density at radius 2 is 2.03 bits per heavy atom. The summed E-state index contributed by atoms with van der Waals surface area (Å²) in [6.07, 6.45) is 3.42. The number of methoxy groups -OCH3 is 1. The van der Waals surface area contributed by atoms with Gasteiger partial charge in [-0.2, -0.15) is 0 Å². The average molecular weight is 499 g/mol. The van der Waals surface area contributed by atoms with Crippen LogP contribution in [0.25, 0.3) is 5.69 Å². The highest BCUT2D eigenvalue weighted by Gasteiger charge is 2.35. The van der Waals surface area contributed by atoms with Crippen LogP contribution in [0.4, 0.5) is 10.6 Å². The quantitative estimate of drug-likeness (QED) is 0.465. The lowest BCUT2D eigenvalue weighted by Gasteiger charge is -2.21. The number of nitrogens with one attached hydrogen (secondary N) is 2. The minimum Gasteiger partial charge on any atom is -0.477 e. The van der Waals surface area contributed by atoms with E-state index in [4.69, 9.17) is 21.1 Å². The van der Waals surface area contributed by atoms with Crippen LogP contribution >= 0.6 is 11.6 Å². The van der Waals surface area contributed by atoms with Gasteiger partial charge in [-0.1, -0.05) is 29.8 Å². The molecule has 0 unspecified atom stereocenters. The number of halogens is 1. The zero-order valence-corrected chi connectivity index (χ0v) is 21.0. The van der Waals surface area contributed by atoms with Crippen LogP contribution in [0.5, 0.6) is 5.88 Å². The highest BCUT2D eigenvalue weighted by atomic mass is 35.5. The summed E-state index contributed by atoms with van der Waals surface area (Å²) in [7, 11) is 1.69. The molecule has 0 saturated carbocycles. The summed E-state index contributed by atoms with van der Waals surface area (Å²) in [5.74, 6) is 1.09. The summed E-state index contributed by atoms with van der Waals surface area (Å²) < 4.78 is 12.6. The van der Waals surface area contributed by atoms with Crippen molar-refractivity contribution in [3.05, 3.63) is 64.9 Å². The molecule has 10 heteroatoms. The van der Waals surface area contributed by atoms with Gasteiger partial charge in [0.1, 0.15) is 5.82 Å². The van der Waals surface area contributed by atoms with E-state index < -0.39 is 0 Å². The number of benzene rings is 1. The molecular formula is C25H31ClN6O3. The molecule has 2 aromatic heterocycles. The van der Waals surface area contributed by atoms with Crippen molar-refractivity contribution < 1.29 is 14.3 Å². The van der Waals surface area contributed by atoms with Gasteiger partial charge in [-0.05, 0) is 37.6 Å². The molecule has 2 N–H and O–H groups in total. The molecule has 0 radical (unpaired) electrons. The first-order chi connectivity index (χ1) is 17.0. The second-order valence-electron chi connectivity index (χ2n) is 8.46. The Morgan fingerprint density at radius 1 is 1.23 bits per heavy atom. The predicted octanol–water partition coefficient (Wildman–Crippen LogP) is 3.86. The van der Waals surface area contributed by atoms with Gasteiger partial charge in [-0.15, -0.1) is 5.10 Å². The number of urea groups is 1. The number of para-hydroxylation sites is 1. The molecule has 0 spiro atoms. The maximum atomic E-state index is 13.2. The molecule has 2 atom stereocenters. The van der Waals surface area contributed by atoms with Crippen LogP contribution in [-0.4, -0.2) is 71.7 Å². The van der Waals surface area contributed by atoms with Gasteiger partial charge in [0.15, 0.2) is 0 Å². The molecule has 2 amide bonds. The first kappa shape index (κ1) is 25.0. The lowest BCUT2D eigenvalue weighted by atomic mass is 9.96. The van der Waals surface area contributed by atoms with Crippen molar-refractivity contribution in [1.82, 2.24) is 25.0 Å². The number of ether oxygens (including phenoxy) is 2. The Balaban J connectivity index is 1.55. The first-order valence-electron chi connectivity index (χ1n) is 11.7. The maximum Gasteiger partial charge on any atom is 0.320 e. The summed E-state index contributed by atoms with van der Waals surface area (Å²) >= 11 is 6.21. The van der Waals surface area contributed by atoms with Crippen molar-refractivity contribution in [2.45, 2.75) is 25.8 Å². The van der Waals surface area contributed by atoms with E-state index in [0.717, 1.165) is 29.9 Å². The third-order valence-electron chi connectivity index (χ3n) is 6.07. The normalized spacial score (nSPS) is 17.9. The molecule has 35 heavy (non-hydrogen) atoms. The number of amides is 2. The third kappa shape index (κ3) is 5.93. The smallest absolute Gasteiger partial charge is 0.320 e. The van der Waals surface area contributed by atoms with E-state index in [-0.39, 0.29) is 18.0 Å². The Kier molecular flexibility index (Phi) is 8.22. The summed E-state index contributed by atoms with van der Waals surface area (Å²) in [5, 5.41) is 11.3. The van der Waals surface area contributed by atoms with Crippen LogP contribution in [0.15, 0.2) is 48.8 Å². The van der Waals surface area contributed by atoms with Crippen molar-refractivity contribution >= 4 is 23.4 Å². The number of carbonyl (C=O) groups is 1. The largest absolute Gasteiger partial charge is 0.477 e. The SMILES string of the molecule is CCOc1nn(-c2ccccc2)c(NC(=O)N[C@@H]2CN(CCOC)C[C@H]2c2cncc(Cl)c2)c1C. The minimum atomic E-state index is -0.313. The number of nitrogens with zero attached hydrogens (tertiary/aromatic N) is 4. The number of hydrogen-bond donors (Lipinski definition) is 2. The van der Waals surface area contributed by atoms with E-state index in [1.807, 2.05) is 56.4 Å². The zero-order valence-electron chi connectivity index (χ0n) is 20.2. The fourth-order valence-corrected chi connectivity index (χ4v) is 4.55. The lowest BCUT2D eigenvalue weighted by Crippen LogP contribution is -2.42. The van der Waals surface area contributed by atoms with Gasteiger partial charge in [0.2, 0.25) is 5.88 Å². The van der Waals surface area contributed by atoms with Crippen molar-refractivity contribution in [2.75, 3.05) is 45.3 Å². The van der Waals surface area contributed by atoms with Crippen molar-refractivity contribution in [3.63, 3.8) is 0 Å². The summed E-state index contributed by atoms with van der Waals surface area (Å²) in [6.45, 7) is 7.12. The van der Waals surface area contributed by atoms with E-state index in [1.54, 1.807) is 18.0 Å². The fourth-order valence-electron chi connectivity index (χ4n) is 4.37. The van der Waals surface area contributed by atoms with Gasteiger partial charge in [-0.3, -0.25) is 15.2 Å². The van der Waals surface area contributed by atoms with E-state index >= 15 is 0 Å². The highest BCUT2D eigenvalue weighted by Crippen LogP contribution is 2.30. The molecule has 0 bridgehead atoms. The van der Waals surface area contributed by atoms with Crippen LogP contribution < -0.4 is 15.4 Å².